The number of benzene rings is 2. The molecule has 0 aromatic heterocycles. The third kappa shape index (κ3) is 4.34. The van der Waals surface area contributed by atoms with Crippen molar-refractivity contribution < 1.29 is 14.0 Å². The molecule has 2 atom stereocenters. The molecule has 0 N–H and O–H groups in total. The van der Waals surface area contributed by atoms with Crippen molar-refractivity contribution in [3.8, 4) is 0 Å². The molecule has 0 radical (unpaired) electrons. The lowest BCUT2D eigenvalue weighted by Crippen LogP contribution is -2.42. The molecular weight excluding hydrogens is 403 g/mol. The van der Waals surface area contributed by atoms with Gasteiger partial charge < -0.3 is 4.90 Å². The van der Waals surface area contributed by atoms with Crippen LogP contribution in [0.1, 0.15) is 42.5 Å². The van der Waals surface area contributed by atoms with E-state index in [1.807, 2.05) is 32.0 Å². The average Bonchev–Trinajstić information content (AvgIpc) is 2.99. The Bertz CT molecular complexity index is 1060. The predicted octanol–water partition coefficient (Wildman–Crippen LogP) is 4.74. The highest BCUT2D eigenvalue weighted by Crippen LogP contribution is 2.35. The number of hydrogen-bond acceptors (Lipinski definition) is 3. The lowest BCUT2D eigenvalue weighted by molar-refractivity contribution is -0.137. The summed E-state index contributed by atoms with van der Waals surface area (Å²) in [5, 5.41) is 0. The summed E-state index contributed by atoms with van der Waals surface area (Å²) in [5.74, 6) is 0.177. The first-order valence-electron chi connectivity index (χ1n) is 11.4. The standard InChI is InChI=1S/C27H31FN2O2/c1-17-13-18(2)16-29(15-17)25-24(22-8-5-19(3)20(4)14-22)26(31)30(27(25)32)12-11-21-6-9-23(28)10-7-21/h5-10,14,17-18H,11-13,15-16H2,1-4H3. The number of halogens is 1. The first-order valence-corrected chi connectivity index (χ1v) is 11.4. The Morgan fingerprint density at radius 1 is 0.906 bits per heavy atom. The zero-order valence-corrected chi connectivity index (χ0v) is 19.3. The summed E-state index contributed by atoms with van der Waals surface area (Å²) in [4.78, 5) is 30.6. The Morgan fingerprint density at radius 2 is 1.56 bits per heavy atom. The second kappa shape index (κ2) is 8.89. The highest BCUT2D eigenvalue weighted by atomic mass is 19.1. The molecule has 4 nitrogen and oxygen atoms in total. The van der Waals surface area contributed by atoms with Crippen molar-refractivity contribution in [3.63, 3.8) is 0 Å². The molecule has 2 aromatic rings. The van der Waals surface area contributed by atoms with Gasteiger partial charge in [-0.1, -0.05) is 44.2 Å². The molecule has 1 saturated heterocycles. The van der Waals surface area contributed by atoms with Crippen LogP contribution in [0.15, 0.2) is 48.2 Å². The van der Waals surface area contributed by atoms with E-state index in [4.69, 9.17) is 0 Å². The molecule has 2 unspecified atom stereocenters. The molecular formula is C27H31FN2O2. The van der Waals surface area contributed by atoms with E-state index in [0.29, 0.717) is 29.5 Å². The largest absolute Gasteiger partial charge is 0.366 e. The number of carbonyl (C=O) groups is 2. The third-order valence-corrected chi connectivity index (χ3v) is 6.66. The summed E-state index contributed by atoms with van der Waals surface area (Å²) in [6, 6.07) is 12.2. The minimum atomic E-state index is -0.295. The van der Waals surface area contributed by atoms with Crippen molar-refractivity contribution in [1.29, 1.82) is 0 Å². The van der Waals surface area contributed by atoms with Gasteiger partial charge in [0, 0.05) is 19.6 Å². The number of hydrogen-bond donors (Lipinski definition) is 0. The molecule has 168 valence electrons. The van der Waals surface area contributed by atoms with Crippen LogP contribution in [0, 0.1) is 31.5 Å². The van der Waals surface area contributed by atoms with Gasteiger partial charge in [-0.3, -0.25) is 14.5 Å². The first-order chi connectivity index (χ1) is 15.2. The summed E-state index contributed by atoms with van der Waals surface area (Å²) in [7, 11) is 0. The molecule has 2 heterocycles. The Labute approximate surface area is 189 Å². The van der Waals surface area contributed by atoms with Crippen molar-refractivity contribution in [2.45, 2.75) is 40.5 Å². The van der Waals surface area contributed by atoms with Crippen LogP contribution >= 0.6 is 0 Å². The Hall–Kier alpha value is -2.95. The van der Waals surface area contributed by atoms with Crippen molar-refractivity contribution in [2.24, 2.45) is 11.8 Å². The number of piperidine rings is 1. The second-order valence-electron chi connectivity index (χ2n) is 9.51. The third-order valence-electron chi connectivity index (χ3n) is 6.66. The summed E-state index contributed by atoms with van der Waals surface area (Å²) < 4.78 is 13.2. The highest BCUT2D eigenvalue weighted by Gasteiger charge is 2.42. The Balaban J connectivity index is 1.69. The molecule has 0 bridgehead atoms. The van der Waals surface area contributed by atoms with Crippen LogP contribution in [0.2, 0.25) is 0 Å². The van der Waals surface area contributed by atoms with Crippen LogP contribution in [-0.4, -0.2) is 41.2 Å². The maximum atomic E-state index is 13.6. The molecule has 0 saturated carbocycles. The van der Waals surface area contributed by atoms with Gasteiger partial charge >= 0.3 is 0 Å². The van der Waals surface area contributed by atoms with Crippen molar-refractivity contribution in [3.05, 3.63) is 76.2 Å². The molecule has 2 aliphatic rings. The van der Waals surface area contributed by atoms with E-state index < -0.39 is 0 Å². The quantitative estimate of drug-likeness (QED) is 0.638. The monoisotopic (exact) mass is 434 g/mol. The molecule has 0 aliphatic carbocycles. The van der Waals surface area contributed by atoms with Crippen LogP contribution in [0.25, 0.3) is 5.57 Å². The first kappa shape index (κ1) is 22.3. The van der Waals surface area contributed by atoms with Crippen molar-refractivity contribution >= 4 is 17.4 Å². The van der Waals surface area contributed by atoms with Crippen LogP contribution in [0.4, 0.5) is 4.39 Å². The predicted molar refractivity (Wildman–Crippen MR) is 124 cm³/mol. The van der Waals surface area contributed by atoms with Gasteiger partial charge in [-0.05, 0) is 72.9 Å². The molecule has 1 fully saturated rings. The topological polar surface area (TPSA) is 40.6 Å². The SMILES string of the molecule is Cc1ccc(C2=C(N3CC(C)CC(C)C3)C(=O)N(CCc3ccc(F)cc3)C2=O)cc1C. The van der Waals surface area contributed by atoms with E-state index in [-0.39, 0.29) is 24.2 Å². The van der Waals surface area contributed by atoms with E-state index in [9.17, 15) is 14.0 Å². The molecule has 2 amide bonds. The Kier molecular flexibility index (Phi) is 6.18. The minimum absolute atomic E-state index is 0.216. The number of carbonyl (C=O) groups excluding carboxylic acids is 2. The smallest absolute Gasteiger partial charge is 0.277 e. The van der Waals surface area contributed by atoms with Crippen molar-refractivity contribution in [1.82, 2.24) is 9.80 Å². The van der Waals surface area contributed by atoms with E-state index in [1.54, 1.807) is 12.1 Å². The van der Waals surface area contributed by atoms with Crippen molar-refractivity contribution in [2.75, 3.05) is 19.6 Å². The number of imide groups is 1. The zero-order valence-electron chi connectivity index (χ0n) is 19.3. The van der Waals surface area contributed by atoms with Crippen LogP contribution in [0.5, 0.6) is 0 Å². The summed E-state index contributed by atoms with van der Waals surface area (Å²) >= 11 is 0. The number of nitrogens with zero attached hydrogens (tertiary/aromatic N) is 2. The van der Waals surface area contributed by atoms with Gasteiger partial charge in [-0.2, -0.15) is 0 Å². The molecule has 32 heavy (non-hydrogen) atoms. The fourth-order valence-electron chi connectivity index (χ4n) is 4.95. The summed E-state index contributed by atoms with van der Waals surface area (Å²) in [5.41, 5.74) is 5.00. The number of aryl methyl sites for hydroxylation is 2. The van der Waals surface area contributed by atoms with E-state index in [2.05, 4.69) is 18.7 Å². The van der Waals surface area contributed by atoms with Gasteiger partial charge in [0.05, 0.1) is 5.57 Å². The van der Waals surface area contributed by atoms with Gasteiger partial charge in [-0.15, -0.1) is 0 Å². The van der Waals surface area contributed by atoms with Crippen LogP contribution < -0.4 is 0 Å². The van der Waals surface area contributed by atoms with Gasteiger partial charge in [-0.25, -0.2) is 4.39 Å². The van der Waals surface area contributed by atoms with Crippen LogP contribution in [-0.2, 0) is 16.0 Å². The maximum Gasteiger partial charge on any atom is 0.277 e. The molecule has 5 heteroatoms. The number of likely N-dealkylation sites (tertiary alicyclic amines) is 1. The molecule has 4 rings (SSSR count). The normalized spacial score (nSPS) is 21.7. The van der Waals surface area contributed by atoms with Crippen LogP contribution in [0.3, 0.4) is 0 Å². The zero-order chi connectivity index (χ0) is 23.0. The minimum Gasteiger partial charge on any atom is -0.366 e. The molecule has 2 aliphatic heterocycles. The summed E-state index contributed by atoms with van der Waals surface area (Å²) in [6.45, 7) is 10.3. The second-order valence-corrected chi connectivity index (χ2v) is 9.51. The van der Waals surface area contributed by atoms with E-state index in [0.717, 1.165) is 41.8 Å². The summed E-state index contributed by atoms with van der Waals surface area (Å²) in [6.07, 6.45) is 1.62. The maximum absolute atomic E-state index is 13.6. The number of amides is 2. The fourth-order valence-corrected chi connectivity index (χ4v) is 4.95. The van der Waals surface area contributed by atoms with Gasteiger partial charge in [0.1, 0.15) is 11.5 Å². The average molecular weight is 435 g/mol. The highest BCUT2D eigenvalue weighted by molar-refractivity contribution is 6.35. The number of rotatable bonds is 5. The lowest BCUT2D eigenvalue weighted by atomic mass is 9.90. The molecule has 0 spiro atoms. The van der Waals surface area contributed by atoms with Gasteiger partial charge in [0.15, 0.2) is 0 Å². The van der Waals surface area contributed by atoms with Gasteiger partial charge in [0.25, 0.3) is 11.8 Å². The van der Waals surface area contributed by atoms with E-state index in [1.165, 1.54) is 17.0 Å². The fraction of sp³-hybridized carbons (Fsp3) is 0.407. The molecule has 2 aromatic carbocycles. The lowest BCUT2D eigenvalue weighted by Gasteiger charge is -2.37. The Morgan fingerprint density at radius 3 is 2.19 bits per heavy atom. The van der Waals surface area contributed by atoms with E-state index >= 15 is 0 Å². The van der Waals surface area contributed by atoms with Gasteiger partial charge in [0.2, 0.25) is 0 Å².